The molecule has 2 aromatic rings. The van der Waals surface area contributed by atoms with Crippen LogP contribution in [0.2, 0.25) is 0 Å². The fraction of sp³-hybridized carbons (Fsp3) is 0.350. The number of methoxy groups -OCH3 is 1. The molecule has 4 heteroatoms. The maximum atomic E-state index is 12.7. The van der Waals surface area contributed by atoms with Crippen molar-refractivity contribution < 1.29 is 9.53 Å². The van der Waals surface area contributed by atoms with E-state index in [-0.39, 0.29) is 6.03 Å². The Labute approximate surface area is 144 Å². The average Bonchev–Trinajstić information content (AvgIpc) is 2.60. The van der Waals surface area contributed by atoms with E-state index in [4.69, 9.17) is 4.74 Å². The van der Waals surface area contributed by atoms with Gasteiger partial charge in [-0.3, -0.25) is 0 Å². The highest BCUT2D eigenvalue weighted by atomic mass is 16.5. The summed E-state index contributed by atoms with van der Waals surface area (Å²) in [4.78, 5) is 14.5. The van der Waals surface area contributed by atoms with Crippen molar-refractivity contribution in [2.75, 3.05) is 13.7 Å². The molecule has 4 nitrogen and oxygen atoms in total. The summed E-state index contributed by atoms with van der Waals surface area (Å²) in [6, 6.07) is 17.7. The molecule has 0 aromatic heterocycles. The van der Waals surface area contributed by atoms with Gasteiger partial charge in [0.1, 0.15) is 5.75 Å². The van der Waals surface area contributed by atoms with Gasteiger partial charge in [-0.2, -0.15) is 0 Å². The van der Waals surface area contributed by atoms with Crippen molar-refractivity contribution in [1.29, 1.82) is 0 Å². The third-order valence-corrected chi connectivity index (χ3v) is 4.12. The Morgan fingerprint density at radius 1 is 1.08 bits per heavy atom. The van der Waals surface area contributed by atoms with Crippen LogP contribution in [0, 0.1) is 0 Å². The summed E-state index contributed by atoms with van der Waals surface area (Å²) in [6.45, 7) is 7.25. The largest absolute Gasteiger partial charge is 0.497 e. The topological polar surface area (TPSA) is 41.6 Å². The van der Waals surface area contributed by atoms with E-state index in [2.05, 4.69) is 5.32 Å². The van der Waals surface area contributed by atoms with E-state index >= 15 is 0 Å². The minimum atomic E-state index is -0.465. The number of hydrogen-bond donors (Lipinski definition) is 1. The molecule has 2 rings (SSSR count). The molecule has 0 spiro atoms. The van der Waals surface area contributed by atoms with Crippen molar-refractivity contribution >= 4 is 6.03 Å². The summed E-state index contributed by atoms with van der Waals surface area (Å²) in [7, 11) is 1.64. The Balaban J connectivity index is 2.07. The fourth-order valence-corrected chi connectivity index (χ4v) is 2.56. The van der Waals surface area contributed by atoms with E-state index in [1.165, 1.54) is 0 Å². The van der Waals surface area contributed by atoms with E-state index in [0.29, 0.717) is 13.1 Å². The van der Waals surface area contributed by atoms with Crippen LogP contribution in [0.25, 0.3) is 0 Å². The molecule has 0 bridgehead atoms. The van der Waals surface area contributed by atoms with Crippen molar-refractivity contribution in [2.24, 2.45) is 0 Å². The van der Waals surface area contributed by atoms with Crippen LogP contribution in [0.3, 0.4) is 0 Å². The molecule has 0 unspecified atom stereocenters. The number of rotatable bonds is 6. The first-order chi connectivity index (χ1) is 11.5. The van der Waals surface area contributed by atoms with E-state index < -0.39 is 5.54 Å². The Kier molecular flexibility index (Phi) is 5.85. The van der Waals surface area contributed by atoms with Crippen LogP contribution in [0.15, 0.2) is 54.6 Å². The normalized spacial score (nSPS) is 11.0. The van der Waals surface area contributed by atoms with Crippen LogP contribution in [0.5, 0.6) is 5.75 Å². The van der Waals surface area contributed by atoms with Gasteiger partial charge in [-0.25, -0.2) is 4.79 Å². The van der Waals surface area contributed by atoms with Crippen molar-refractivity contribution in [1.82, 2.24) is 10.2 Å². The number of nitrogens with one attached hydrogen (secondary N) is 1. The first-order valence-electron chi connectivity index (χ1n) is 8.22. The summed E-state index contributed by atoms with van der Waals surface area (Å²) >= 11 is 0. The molecule has 0 aliphatic rings. The lowest BCUT2D eigenvalue weighted by Gasteiger charge is -2.31. The SMILES string of the molecule is CCN(Cc1ccccc1)C(=O)NC(C)(C)c1ccc(OC)cc1. The molecule has 2 amide bonds. The Morgan fingerprint density at radius 3 is 2.25 bits per heavy atom. The van der Waals surface area contributed by atoms with Gasteiger partial charge in [0.2, 0.25) is 0 Å². The standard InChI is InChI=1S/C20H26N2O2/c1-5-22(15-16-9-7-6-8-10-16)19(23)21-20(2,3)17-11-13-18(24-4)14-12-17/h6-14H,5,15H2,1-4H3,(H,21,23). The number of carbonyl (C=O) groups is 1. The zero-order valence-corrected chi connectivity index (χ0v) is 14.9. The molecule has 0 radical (unpaired) electrons. The van der Waals surface area contributed by atoms with Crippen molar-refractivity contribution in [3.05, 3.63) is 65.7 Å². The maximum absolute atomic E-state index is 12.7. The van der Waals surface area contributed by atoms with Gasteiger partial charge < -0.3 is 15.0 Å². The highest BCUT2D eigenvalue weighted by molar-refractivity contribution is 5.75. The number of benzene rings is 2. The highest BCUT2D eigenvalue weighted by Gasteiger charge is 2.25. The van der Waals surface area contributed by atoms with E-state index in [9.17, 15) is 4.79 Å². The van der Waals surface area contributed by atoms with Crippen LogP contribution in [0.4, 0.5) is 4.79 Å². The second kappa shape index (κ2) is 7.86. The molecule has 24 heavy (non-hydrogen) atoms. The molecule has 0 aliphatic carbocycles. The van der Waals surface area contributed by atoms with Crippen LogP contribution in [-0.4, -0.2) is 24.6 Å². The highest BCUT2D eigenvalue weighted by Crippen LogP contribution is 2.23. The molecule has 1 N–H and O–H groups in total. The Morgan fingerprint density at radius 2 is 1.71 bits per heavy atom. The van der Waals surface area contributed by atoms with Crippen LogP contribution >= 0.6 is 0 Å². The van der Waals surface area contributed by atoms with Gasteiger partial charge in [0.25, 0.3) is 0 Å². The molecule has 0 fully saturated rings. The smallest absolute Gasteiger partial charge is 0.318 e. The van der Waals surface area contributed by atoms with Gasteiger partial charge in [0.05, 0.1) is 12.6 Å². The summed E-state index contributed by atoms with van der Waals surface area (Å²) in [5, 5.41) is 3.13. The van der Waals surface area contributed by atoms with Crippen LogP contribution < -0.4 is 10.1 Å². The minimum Gasteiger partial charge on any atom is -0.497 e. The molecule has 0 atom stereocenters. The molecule has 2 aromatic carbocycles. The number of urea groups is 1. The Hall–Kier alpha value is -2.49. The summed E-state index contributed by atoms with van der Waals surface area (Å²) < 4.78 is 5.19. The Bertz CT molecular complexity index is 651. The number of ether oxygens (including phenoxy) is 1. The summed E-state index contributed by atoms with van der Waals surface area (Å²) in [5.41, 5.74) is 1.69. The molecule has 0 saturated heterocycles. The first-order valence-corrected chi connectivity index (χ1v) is 8.22. The summed E-state index contributed by atoms with van der Waals surface area (Å²) in [5.74, 6) is 0.806. The van der Waals surface area contributed by atoms with Gasteiger partial charge >= 0.3 is 6.03 Å². The van der Waals surface area contributed by atoms with Gasteiger partial charge in [-0.05, 0) is 44.0 Å². The minimum absolute atomic E-state index is 0.0674. The second-order valence-electron chi connectivity index (χ2n) is 6.28. The molecular formula is C20H26N2O2. The molecule has 128 valence electrons. The predicted molar refractivity (Wildman–Crippen MR) is 97.1 cm³/mol. The third-order valence-electron chi connectivity index (χ3n) is 4.12. The monoisotopic (exact) mass is 326 g/mol. The van der Waals surface area contributed by atoms with Gasteiger partial charge in [0.15, 0.2) is 0 Å². The van der Waals surface area contributed by atoms with Gasteiger partial charge in [-0.15, -0.1) is 0 Å². The van der Waals surface area contributed by atoms with E-state index in [1.807, 2.05) is 75.4 Å². The fourth-order valence-electron chi connectivity index (χ4n) is 2.56. The van der Waals surface area contributed by atoms with Crippen molar-refractivity contribution in [3.63, 3.8) is 0 Å². The lowest BCUT2D eigenvalue weighted by molar-refractivity contribution is 0.186. The summed E-state index contributed by atoms with van der Waals surface area (Å²) in [6.07, 6.45) is 0. The third kappa shape index (κ3) is 4.51. The second-order valence-corrected chi connectivity index (χ2v) is 6.28. The van der Waals surface area contributed by atoms with Gasteiger partial charge in [-0.1, -0.05) is 42.5 Å². The number of amides is 2. The number of nitrogens with zero attached hydrogens (tertiary/aromatic N) is 1. The zero-order chi connectivity index (χ0) is 17.6. The van der Waals surface area contributed by atoms with E-state index in [0.717, 1.165) is 16.9 Å². The van der Waals surface area contributed by atoms with E-state index in [1.54, 1.807) is 12.0 Å². The molecule has 0 saturated carbocycles. The lowest BCUT2D eigenvalue weighted by atomic mass is 9.94. The van der Waals surface area contributed by atoms with Crippen molar-refractivity contribution in [3.8, 4) is 5.75 Å². The molecule has 0 aliphatic heterocycles. The lowest BCUT2D eigenvalue weighted by Crippen LogP contribution is -2.48. The number of carbonyl (C=O) groups excluding carboxylic acids is 1. The number of hydrogen-bond acceptors (Lipinski definition) is 2. The first kappa shape index (κ1) is 17.9. The molecule has 0 heterocycles. The maximum Gasteiger partial charge on any atom is 0.318 e. The van der Waals surface area contributed by atoms with Crippen molar-refractivity contribution in [2.45, 2.75) is 32.9 Å². The quantitative estimate of drug-likeness (QED) is 0.866. The van der Waals surface area contributed by atoms with Crippen LogP contribution in [-0.2, 0) is 12.1 Å². The predicted octanol–water partition coefficient (Wildman–Crippen LogP) is 4.16. The molecular weight excluding hydrogens is 300 g/mol. The average molecular weight is 326 g/mol. The zero-order valence-electron chi connectivity index (χ0n) is 14.9. The van der Waals surface area contributed by atoms with Crippen LogP contribution in [0.1, 0.15) is 31.9 Å². The van der Waals surface area contributed by atoms with Gasteiger partial charge in [0, 0.05) is 13.1 Å².